The second-order valence-electron chi connectivity index (χ2n) is 9.26. The van der Waals surface area contributed by atoms with Crippen molar-refractivity contribution in [2.45, 2.75) is 52.2 Å². The molecule has 1 saturated heterocycles. The fraction of sp³-hybridized carbons (Fsp3) is 0.423. The van der Waals surface area contributed by atoms with Gasteiger partial charge in [0, 0.05) is 19.0 Å². The Hall–Kier alpha value is -3.35. The van der Waals surface area contributed by atoms with Gasteiger partial charge in [0.15, 0.2) is 5.78 Å². The zero-order chi connectivity index (χ0) is 24.0. The first kappa shape index (κ1) is 24.3. The van der Waals surface area contributed by atoms with Crippen molar-refractivity contribution >= 4 is 17.7 Å². The van der Waals surface area contributed by atoms with Crippen LogP contribution in [0.15, 0.2) is 48.5 Å². The smallest absolute Gasteiger partial charge is 0.410 e. The number of benzene rings is 2. The molecule has 1 amide bonds. The van der Waals surface area contributed by atoms with E-state index in [0.29, 0.717) is 19.4 Å². The lowest BCUT2D eigenvalue weighted by molar-refractivity contribution is -0.123. The number of ether oxygens (including phenoxy) is 2. The van der Waals surface area contributed by atoms with E-state index in [2.05, 4.69) is 0 Å². The van der Waals surface area contributed by atoms with Crippen LogP contribution in [0.3, 0.4) is 0 Å². The van der Waals surface area contributed by atoms with E-state index in [0.717, 1.165) is 5.56 Å². The Labute approximate surface area is 194 Å². The number of hydrogen-bond acceptors (Lipinski definition) is 6. The second-order valence-corrected chi connectivity index (χ2v) is 9.26. The summed E-state index contributed by atoms with van der Waals surface area (Å²) in [5.41, 5.74) is 0.298. The maximum atomic E-state index is 13.0. The monoisotopic (exact) mass is 453 g/mol. The summed E-state index contributed by atoms with van der Waals surface area (Å²) in [4.78, 5) is 39.8. The van der Waals surface area contributed by atoms with Crippen LogP contribution in [-0.2, 0) is 16.1 Å². The molecule has 0 radical (unpaired) electrons. The highest BCUT2D eigenvalue weighted by molar-refractivity contribution is 6.11. The minimum absolute atomic E-state index is 0.00147. The fourth-order valence-corrected chi connectivity index (χ4v) is 3.78. The van der Waals surface area contributed by atoms with Gasteiger partial charge in [0.1, 0.15) is 35.1 Å². The van der Waals surface area contributed by atoms with Crippen molar-refractivity contribution in [2.75, 3.05) is 13.1 Å². The van der Waals surface area contributed by atoms with Gasteiger partial charge in [0.25, 0.3) is 0 Å². The highest BCUT2D eigenvalue weighted by Gasteiger charge is 2.32. The summed E-state index contributed by atoms with van der Waals surface area (Å²) >= 11 is 0. The number of hydrogen-bond donors (Lipinski definition) is 1. The number of phenols is 1. The van der Waals surface area contributed by atoms with Gasteiger partial charge in [0.2, 0.25) is 0 Å². The Morgan fingerprint density at radius 2 is 1.79 bits per heavy atom. The number of carbonyl (C=O) groups excluding carboxylic acids is 3. The Morgan fingerprint density at radius 1 is 1.06 bits per heavy atom. The number of likely N-dealkylation sites (tertiary alicyclic amines) is 1. The van der Waals surface area contributed by atoms with Gasteiger partial charge in [-0.1, -0.05) is 36.4 Å². The number of Topliss-reactive ketones (excluding diaryl/α,β-unsaturated/α-hetero) is 2. The van der Waals surface area contributed by atoms with Gasteiger partial charge in [-0.15, -0.1) is 0 Å². The van der Waals surface area contributed by atoms with E-state index in [-0.39, 0.29) is 42.4 Å². The number of nitrogens with zero attached hydrogens (tertiary/aromatic N) is 1. The van der Waals surface area contributed by atoms with Gasteiger partial charge < -0.3 is 19.5 Å². The number of carbonyl (C=O) groups is 3. The number of aromatic hydroxyl groups is 1. The maximum absolute atomic E-state index is 13.0. The Balaban J connectivity index is 1.65. The molecule has 7 nitrogen and oxygen atoms in total. The van der Waals surface area contributed by atoms with Crippen molar-refractivity contribution < 1.29 is 29.0 Å². The van der Waals surface area contributed by atoms with Gasteiger partial charge in [0.05, 0.1) is 6.42 Å². The lowest BCUT2D eigenvalue weighted by Gasteiger charge is -2.33. The average Bonchev–Trinajstić information content (AvgIpc) is 2.77. The first-order valence-electron chi connectivity index (χ1n) is 11.2. The SMILES string of the molecule is CC(C)(C)OC(=O)N1CCCC(C(=O)CC(=O)c2c(O)cccc2OCc2ccccc2)C1. The first-order valence-corrected chi connectivity index (χ1v) is 11.2. The Bertz CT molecular complexity index is 996. The van der Waals surface area contributed by atoms with Gasteiger partial charge >= 0.3 is 6.09 Å². The second kappa shape index (κ2) is 10.5. The number of ketones is 2. The molecule has 1 fully saturated rings. The molecule has 0 aliphatic carbocycles. The molecule has 1 unspecified atom stereocenters. The van der Waals surface area contributed by atoms with E-state index in [1.165, 1.54) is 11.0 Å². The Kier molecular flexibility index (Phi) is 7.74. The molecule has 0 spiro atoms. The summed E-state index contributed by atoms with van der Waals surface area (Å²) in [5.74, 6) is -1.20. The molecule has 176 valence electrons. The van der Waals surface area contributed by atoms with Crippen molar-refractivity contribution in [3.63, 3.8) is 0 Å². The summed E-state index contributed by atoms with van der Waals surface area (Å²) in [6.45, 7) is 6.34. The Morgan fingerprint density at radius 3 is 2.48 bits per heavy atom. The molecule has 1 aliphatic rings. The lowest BCUT2D eigenvalue weighted by atomic mass is 9.90. The minimum atomic E-state index is -0.620. The molecule has 1 heterocycles. The molecule has 0 aromatic heterocycles. The predicted octanol–water partition coefficient (Wildman–Crippen LogP) is 4.76. The van der Waals surface area contributed by atoms with E-state index in [4.69, 9.17) is 9.47 Å². The number of rotatable bonds is 7. The molecular formula is C26H31NO6. The molecule has 1 N–H and O–H groups in total. The van der Waals surface area contributed by atoms with Crippen LogP contribution in [0, 0.1) is 5.92 Å². The largest absolute Gasteiger partial charge is 0.507 e. The third kappa shape index (κ3) is 6.81. The molecule has 1 aliphatic heterocycles. The minimum Gasteiger partial charge on any atom is -0.507 e. The first-order chi connectivity index (χ1) is 15.6. The van der Waals surface area contributed by atoms with E-state index in [1.807, 2.05) is 30.3 Å². The quantitative estimate of drug-likeness (QED) is 0.480. The van der Waals surface area contributed by atoms with Crippen molar-refractivity contribution in [3.8, 4) is 11.5 Å². The summed E-state index contributed by atoms with van der Waals surface area (Å²) < 4.78 is 11.2. The van der Waals surface area contributed by atoms with Crippen molar-refractivity contribution in [2.24, 2.45) is 5.92 Å². The highest BCUT2D eigenvalue weighted by atomic mass is 16.6. The predicted molar refractivity (Wildman–Crippen MR) is 123 cm³/mol. The molecule has 7 heteroatoms. The summed E-state index contributed by atoms with van der Waals surface area (Å²) in [7, 11) is 0. The van der Waals surface area contributed by atoms with Crippen LogP contribution in [0.25, 0.3) is 0 Å². The zero-order valence-electron chi connectivity index (χ0n) is 19.4. The van der Waals surface area contributed by atoms with Crippen LogP contribution in [0.1, 0.15) is 56.0 Å². The number of piperidine rings is 1. The van der Waals surface area contributed by atoms with Crippen LogP contribution in [0.5, 0.6) is 11.5 Å². The fourth-order valence-electron chi connectivity index (χ4n) is 3.78. The molecule has 3 rings (SSSR count). The van der Waals surface area contributed by atoms with Crippen LogP contribution >= 0.6 is 0 Å². The third-order valence-electron chi connectivity index (χ3n) is 5.38. The number of phenolic OH excluding ortho intramolecular Hbond substituents is 1. The molecule has 1 atom stereocenters. The average molecular weight is 454 g/mol. The maximum Gasteiger partial charge on any atom is 0.410 e. The van der Waals surface area contributed by atoms with Crippen molar-refractivity contribution in [3.05, 3.63) is 59.7 Å². The van der Waals surface area contributed by atoms with E-state index in [1.54, 1.807) is 32.9 Å². The highest BCUT2D eigenvalue weighted by Crippen LogP contribution is 2.30. The van der Waals surface area contributed by atoms with E-state index >= 15 is 0 Å². The number of amides is 1. The van der Waals surface area contributed by atoms with Crippen molar-refractivity contribution in [1.29, 1.82) is 0 Å². The topological polar surface area (TPSA) is 93.1 Å². The van der Waals surface area contributed by atoms with Gasteiger partial charge in [-0.2, -0.15) is 0 Å². The summed E-state index contributed by atoms with van der Waals surface area (Å²) in [5, 5.41) is 10.3. The van der Waals surface area contributed by atoms with Crippen molar-refractivity contribution in [1.82, 2.24) is 4.90 Å². The molecule has 0 saturated carbocycles. The van der Waals surface area contributed by atoms with Gasteiger partial charge in [-0.25, -0.2) is 4.79 Å². The van der Waals surface area contributed by atoms with Crippen LogP contribution < -0.4 is 4.74 Å². The van der Waals surface area contributed by atoms with E-state index < -0.39 is 23.4 Å². The van der Waals surface area contributed by atoms with Gasteiger partial charge in [-0.3, -0.25) is 9.59 Å². The summed E-state index contributed by atoms with van der Waals surface area (Å²) in [6, 6.07) is 14.1. The van der Waals surface area contributed by atoms with Crippen LogP contribution in [0.4, 0.5) is 4.79 Å². The standard InChI is InChI=1S/C26H31NO6/c1-26(2,3)33-25(31)27-14-8-11-19(16-27)21(29)15-22(30)24-20(28)12-7-13-23(24)32-17-18-9-5-4-6-10-18/h4-7,9-10,12-13,19,28H,8,11,14-17H2,1-3H3. The molecule has 2 aromatic rings. The molecule has 0 bridgehead atoms. The lowest BCUT2D eigenvalue weighted by Crippen LogP contribution is -2.44. The van der Waals surface area contributed by atoms with Crippen LogP contribution in [-0.4, -0.2) is 46.4 Å². The normalized spacial score (nSPS) is 16.2. The third-order valence-corrected chi connectivity index (χ3v) is 5.38. The van der Waals surface area contributed by atoms with Crippen LogP contribution in [0.2, 0.25) is 0 Å². The molecule has 2 aromatic carbocycles. The van der Waals surface area contributed by atoms with Gasteiger partial charge in [-0.05, 0) is 51.3 Å². The zero-order valence-corrected chi connectivity index (χ0v) is 19.4. The summed E-state index contributed by atoms with van der Waals surface area (Å²) in [6.07, 6.45) is 0.435. The molecular weight excluding hydrogens is 422 g/mol. The van der Waals surface area contributed by atoms with E-state index in [9.17, 15) is 19.5 Å². The molecule has 33 heavy (non-hydrogen) atoms.